The number of nitriles is 1. The van der Waals surface area contributed by atoms with E-state index in [0.29, 0.717) is 13.1 Å². The summed E-state index contributed by atoms with van der Waals surface area (Å²) in [4.78, 5) is 0.247. The first kappa shape index (κ1) is 15.4. The number of hydrogen-bond donors (Lipinski definition) is 0. The topological polar surface area (TPSA) is 61.2 Å². The predicted octanol–water partition coefficient (Wildman–Crippen LogP) is 2.34. The second-order valence-corrected chi connectivity index (χ2v) is 6.31. The lowest BCUT2D eigenvalue weighted by molar-refractivity contribution is 0.453. The molecule has 1 aromatic rings. The highest BCUT2D eigenvalue weighted by molar-refractivity contribution is 7.89. The molecule has 0 aliphatic rings. The van der Waals surface area contributed by atoms with E-state index in [9.17, 15) is 8.42 Å². The fraction of sp³-hybridized carbons (Fsp3) is 0.357. The summed E-state index contributed by atoms with van der Waals surface area (Å²) in [5.74, 6) is 0. The van der Waals surface area contributed by atoms with Gasteiger partial charge in [-0.3, -0.25) is 0 Å². The van der Waals surface area contributed by atoms with Gasteiger partial charge in [0.15, 0.2) is 0 Å². The van der Waals surface area contributed by atoms with E-state index in [2.05, 4.69) is 6.58 Å². The van der Waals surface area contributed by atoms with E-state index < -0.39 is 10.0 Å². The summed E-state index contributed by atoms with van der Waals surface area (Å²) in [5, 5.41) is 8.59. The van der Waals surface area contributed by atoms with E-state index in [1.54, 1.807) is 38.1 Å². The quantitative estimate of drug-likeness (QED) is 0.750. The van der Waals surface area contributed by atoms with Crippen LogP contribution in [0.4, 0.5) is 0 Å². The molecule has 0 aliphatic carbocycles. The van der Waals surface area contributed by atoms with Gasteiger partial charge in [0.25, 0.3) is 0 Å². The van der Waals surface area contributed by atoms with Crippen molar-refractivity contribution >= 4 is 10.0 Å². The van der Waals surface area contributed by atoms with Gasteiger partial charge in [-0.1, -0.05) is 31.2 Å². The molecular formula is C14H18N2O2S. The van der Waals surface area contributed by atoms with Gasteiger partial charge >= 0.3 is 0 Å². The lowest BCUT2D eigenvalue weighted by Crippen LogP contribution is -2.32. The Labute approximate surface area is 115 Å². The number of sulfonamides is 1. The largest absolute Gasteiger partial charge is 0.243 e. The lowest BCUT2D eigenvalue weighted by atomic mass is 10.2. The molecular weight excluding hydrogens is 260 g/mol. The zero-order chi connectivity index (χ0) is 14.5. The maximum atomic E-state index is 12.4. The van der Waals surface area contributed by atoms with Crippen molar-refractivity contribution in [2.75, 3.05) is 13.1 Å². The maximum Gasteiger partial charge on any atom is 0.243 e. The van der Waals surface area contributed by atoms with Gasteiger partial charge in [-0.05, 0) is 24.6 Å². The molecule has 0 atom stereocenters. The van der Waals surface area contributed by atoms with Gasteiger partial charge in [-0.2, -0.15) is 9.57 Å². The second-order valence-electron chi connectivity index (χ2n) is 4.37. The molecule has 19 heavy (non-hydrogen) atoms. The Morgan fingerprint density at radius 3 is 2.37 bits per heavy atom. The molecule has 0 heterocycles. The smallest absolute Gasteiger partial charge is 0.207 e. The molecule has 0 aromatic heterocycles. The third-order valence-corrected chi connectivity index (χ3v) is 4.58. The van der Waals surface area contributed by atoms with Crippen LogP contribution in [0.3, 0.4) is 0 Å². The van der Waals surface area contributed by atoms with Crippen LogP contribution in [0.25, 0.3) is 0 Å². The van der Waals surface area contributed by atoms with E-state index in [4.69, 9.17) is 5.26 Å². The van der Waals surface area contributed by atoms with Crippen molar-refractivity contribution < 1.29 is 8.42 Å². The zero-order valence-corrected chi connectivity index (χ0v) is 12.1. The zero-order valence-electron chi connectivity index (χ0n) is 11.3. The molecule has 0 bridgehead atoms. The van der Waals surface area contributed by atoms with Crippen molar-refractivity contribution in [2.45, 2.75) is 25.2 Å². The van der Waals surface area contributed by atoms with Crippen molar-refractivity contribution in [3.05, 3.63) is 42.0 Å². The van der Waals surface area contributed by atoms with Crippen LogP contribution in [0.5, 0.6) is 0 Å². The summed E-state index contributed by atoms with van der Waals surface area (Å²) in [6, 6.07) is 8.46. The number of nitrogens with zero attached hydrogens (tertiary/aromatic N) is 2. The number of hydrogen-bond acceptors (Lipinski definition) is 3. The van der Waals surface area contributed by atoms with Crippen LogP contribution in [0.1, 0.15) is 19.4 Å². The third-order valence-electron chi connectivity index (χ3n) is 2.64. The third kappa shape index (κ3) is 3.91. The van der Waals surface area contributed by atoms with Crippen LogP contribution in [-0.4, -0.2) is 25.8 Å². The summed E-state index contributed by atoms with van der Waals surface area (Å²) < 4.78 is 26.2. The van der Waals surface area contributed by atoms with Gasteiger partial charge in [0.2, 0.25) is 10.0 Å². The highest BCUT2D eigenvalue weighted by Gasteiger charge is 2.22. The van der Waals surface area contributed by atoms with Gasteiger partial charge in [0, 0.05) is 13.1 Å². The Morgan fingerprint density at radius 2 is 1.95 bits per heavy atom. The minimum absolute atomic E-state index is 0.247. The molecule has 0 unspecified atom stereocenters. The Bertz CT molecular complexity index is 583. The standard InChI is InChI=1S/C14H18N2O2S/c1-4-16(11-12(2)3)19(17,18)14-7-5-13(6-8-14)9-10-15/h5-8H,2,4,9,11H2,1,3H3. The molecule has 102 valence electrons. The molecule has 0 saturated carbocycles. The molecule has 1 aromatic carbocycles. The first-order chi connectivity index (χ1) is 8.91. The number of likely N-dealkylation sites (N-methyl/N-ethyl adjacent to an activating group) is 1. The van der Waals surface area contributed by atoms with E-state index in [1.165, 1.54) is 4.31 Å². The Morgan fingerprint density at radius 1 is 1.37 bits per heavy atom. The minimum Gasteiger partial charge on any atom is -0.207 e. The van der Waals surface area contributed by atoms with Crippen LogP contribution < -0.4 is 0 Å². The highest BCUT2D eigenvalue weighted by atomic mass is 32.2. The Hall–Kier alpha value is -1.64. The highest BCUT2D eigenvalue weighted by Crippen LogP contribution is 2.17. The first-order valence-corrected chi connectivity index (χ1v) is 7.46. The van der Waals surface area contributed by atoms with Gasteiger partial charge in [-0.25, -0.2) is 8.42 Å². The maximum absolute atomic E-state index is 12.4. The van der Waals surface area contributed by atoms with Crippen LogP contribution in [-0.2, 0) is 16.4 Å². The van der Waals surface area contributed by atoms with Gasteiger partial charge in [0.1, 0.15) is 0 Å². The normalized spacial score (nSPS) is 11.3. The molecule has 0 radical (unpaired) electrons. The molecule has 0 spiro atoms. The number of rotatable bonds is 6. The molecule has 0 aliphatic heterocycles. The van der Waals surface area contributed by atoms with Crippen molar-refractivity contribution in [3.63, 3.8) is 0 Å². The van der Waals surface area contributed by atoms with Gasteiger partial charge < -0.3 is 0 Å². The average molecular weight is 278 g/mol. The SMILES string of the molecule is C=C(C)CN(CC)S(=O)(=O)c1ccc(CC#N)cc1. The summed E-state index contributed by atoms with van der Waals surface area (Å²) in [5.41, 5.74) is 1.61. The van der Waals surface area contributed by atoms with E-state index in [-0.39, 0.29) is 11.3 Å². The van der Waals surface area contributed by atoms with Crippen LogP contribution in [0, 0.1) is 11.3 Å². The van der Waals surface area contributed by atoms with E-state index in [0.717, 1.165) is 11.1 Å². The summed E-state index contributed by atoms with van der Waals surface area (Å²) >= 11 is 0. The van der Waals surface area contributed by atoms with Crippen LogP contribution >= 0.6 is 0 Å². The molecule has 4 nitrogen and oxygen atoms in total. The van der Waals surface area contributed by atoms with Gasteiger partial charge in [-0.15, -0.1) is 0 Å². The number of benzene rings is 1. The second kappa shape index (κ2) is 6.50. The predicted molar refractivity (Wildman–Crippen MR) is 75.0 cm³/mol. The van der Waals surface area contributed by atoms with Crippen LogP contribution in [0.15, 0.2) is 41.3 Å². The Kier molecular flexibility index (Phi) is 5.28. The lowest BCUT2D eigenvalue weighted by Gasteiger charge is -2.20. The fourth-order valence-corrected chi connectivity index (χ4v) is 3.20. The molecule has 5 heteroatoms. The summed E-state index contributed by atoms with van der Waals surface area (Å²) in [6.07, 6.45) is 0.281. The van der Waals surface area contributed by atoms with Crippen molar-refractivity contribution in [1.29, 1.82) is 5.26 Å². The summed E-state index contributed by atoms with van der Waals surface area (Å²) in [6.45, 7) is 8.06. The van der Waals surface area contributed by atoms with E-state index in [1.807, 2.05) is 6.07 Å². The molecule has 0 fully saturated rings. The Balaban J connectivity index is 3.05. The minimum atomic E-state index is -3.49. The van der Waals surface area contributed by atoms with Crippen LogP contribution in [0.2, 0.25) is 0 Å². The first-order valence-electron chi connectivity index (χ1n) is 6.02. The molecule has 1 rings (SSSR count). The van der Waals surface area contributed by atoms with Crippen molar-refractivity contribution in [2.24, 2.45) is 0 Å². The molecule has 0 saturated heterocycles. The average Bonchev–Trinajstić information content (AvgIpc) is 2.36. The molecule has 0 amide bonds. The van der Waals surface area contributed by atoms with Crippen molar-refractivity contribution in [3.8, 4) is 6.07 Å². The van der Waals surface area contributed by atoms with Crippen molar-refractivity contribution in [1.82, 2.24) is 4.31 Å². The monoisotopic (exact) mass is 278 g/mol. The fourth-order valence-electron chi connectivity index (χ4n) is 1.69. The van der Waals surface area contributed by atoms with E-state index >= 15 is 0 Å². The molecule has 0 N–H and O–H groups in total. The van der Waals surface area contributed by atoms with Gasteiger partial charge in [0.05, 0.1) is 17.4 Å². The summed E-state index contributed by atoms with van der Waals surface area (Å²) in [7, 11) is -3.49.